The minimum absolute atomic E-state index is 0.0673. The molecule has 0 saturated carbocycles. The van der Waals surface area contributed by atoms with Crippen LogP contribution in [-0.2, 0) is 14.6 Å². The summed E-state index contributed by atoms with van der Waals surface area (Å²) in [4.78, 5) is 17.5. The van der Waals surface area contributed by atoms with Crippen molar-refractivity contribution in [3.63, 3.8) is 0 Å². The molecule has 4 aromatic rings. The van der Waals surface area contributed by atoms with Gasteiger partial charge in [0.25, 0.3) is 0 Å². The number of rotatable bonds is 8. The summed E-state index contributed by atoms with van der Waals surface area (Å²) in [6, 6.07) is 12.1. The van der Waals surface area contributed by atoms with Crippen LogP contribution >= 0.6 is 11.3 Å². The number of methoxy groups -OCH3 is 1. The molecular weight excluding hydrogens is 472 g/mol. The second kappa shape index (κ2) is 9.55. The van der Waals surface area contributed by atoms with E-state index >= 15 is 0 Å². The number of sulfone groups is 1. The molecule has 1 amide bonds. The zero-order chi connectivity index (χ0) is 24.5. The van der Waals surface area contributed by atoms with Gasteiger partial charge in [-0.2, -0.15) is 9.78 Å². The largest absolute Gasteiger partial charge is 0.497 e. The van der Waals surface area contributed by atoms with Gasteiger partial charge < -0.3 is 10.1 Å². The van der Waals surface area contributed by atoms with E-state index in [9.17, 15) is 13.2 Å². The van der Waals surface area contributed by atoms with Crippen molar-refractivity contribution in [2.24, 2.45) is 0 Å². The van der Waals surface area contributed by atoms with Crippen LogP contribution in [-0.4, -0.2) is 42.0 Å². The Morgan fingerprint density at radius 3 is 2.50 bits per heavy atom. The zero-order valence-corrected chi connectivity index (χ0v) is 21.1. The summed E-state index contributed by atoms with van der Waals surface area (Å²) in [6.45, 7) is 5.95. The van der Waals surface area contributed by atoms with Gasteiger partial charge in [-0.1, -0.05) is 11.3 Å². The summed E-state index contributed by atoms with van der Waals surface area (Å²) in [6.07, 6.45) is 0.269. The number of nitrogens with zero attached hydrogens (tertiary/aromatic N) is 3. The average Bonchev–Trinajstić information content (AvgIpc) is 3.36. The monoisotopic (exact) mass is 498 g/mol. The normalized spacial score (nSPS) is 11.6. The van der Waals surface area contributed by atoms with Crippen molar-refractivity contribution < 1.29 is 17.9 Å². The van der Waals surface area contributed by atoms with Gasteiger partial charge in [0.15, 0.2) is 9.84 Å². The minimum atomic E-state index is -3.48. The van der Waals surface area contributed by atoms with Crippen LogP contribution in [0.2, 0.25) is 0 Å². The van der Waals surface area contributed by atoms with Crippen LogP contribution in [0.1, 0.15) is 29.7 Å². The Bertz CT molecular complexity index is 1420. The number of fused-ring (bicyclic) bond motifs is 1. The fourth-order valence-electron chi connectivity index (χ4n) is 3.52. The van der Waals surface area contributed by atoms with Crippen molar-refractivity contribution in [3.8, 4) is 10.9 Å². The van der Waals surface area contributed by atoms with E-state index in [2.05, 4.69) is 28.4 Å². The standard InChI is InChI=1S/C24H26N4O4S2/c1-15-12-20-21(13-16(15)2)33-24(25-20)28-22(14-17(3)27-28)26-23(29)6-5-11-34(30,31)19-9-7-18(32-4)8-10-19/h7-10,12-14H,5-6,11H2,1-4H3,(H,26,29). The maximum atomic E-state index is 12.6. The number of aryl methyl sites for hydroxylation is 3. The summed E-state index contributed by atoms with van der Waals surface area (Å²) in [7, 11) is -1.96. The van der Waals surface area contributed by atoms with Crippen LogP contribution in [0.15, 0.2) is 47.4 Å². The molecule has 0 radical (unpaired) electrons. The molecule has 1 N–H and O–H groups in total. The van der Waals surface area contributed by atoms with Gasteiger partial charge >= 0.3 is 0 Å². The van der Waals surface area contributed by atoms with E-state index in [1.165, 1.54) is 41.7 Å². The van der Waals surface area contributed by atoms with Gasteiger partial charge in [0.1, 0.15) is 11.6 Å². The van der Waals surface area contributed by atoms with Gasteiger partial charge in [-0.3, -0.25) is 4.79 Å². The molecule has 2 aromatic heterocycles. The third-order valence-corrected chi connectivity index (χ3v) is 8.32. The highest BCUT2D eigenvalue weighted by Gasteiger charge is 2.18. The predicted octanol–water partition coefficient (Wildman–Crippen LogP) is 4.61. The lowest BCUT2D eigenvalue weighted by atomic mass is 10.1. The Kier molecular flexibility index (Phi) is 6.72. The first-order valence-electron chi connectivity index (χ1n) is 10.8. The molecule has 0 saturated heterocycles. The van der Waals surface area contributed by atoms with Crippen LogP contribution in [0.5, 0.6) is 5.75 Å². The smallest absolute Gasteiger partial charge is 0.225 e. The van der Waals surface area contributed by atoms with Crippen molar-refractivity contribution in [1.82, 2.24) is 14.8 Å². The Hall–Kier alpha value is -3.24. The number of benzene rings is 2. The van der Waals surface area contributed by atoms with E-state index in [4.69, 9.17) is 4.74 Å². The number of amides is 1. The van der Waals surface area contributed by atoms with Gasteiger partial charge in [-0.25, -0.2) is 13.4 Å². The van der Waals surface area contributed by atoms with Crippen LogP contribution in [0.25, 0.3) is 15.3 Å². The van der Waals surface area contributed by atoms with Gasteiger partial charge in [-0.15, -0.1) is 0 Å². The van der Waals surface area contributed by atoms with Gasteiger partial charge in [0, 0.05) is 12.5 Å². The van der Waals surface area contributed by atoms with Crippen molar-refractivity contribution in [2.45, 2.75) is 38.5 Å². The first-order valence-corrected chi connectivity index (χ1v) is 13.2. The molecule has 8 nitrogen and oxygen atoms in total. The summed E-state index contributed by atoms with van der Waals surface area (Å²) in [5.74, 6) is 0.692. The van der Waals surface area contributed by atoms with Crippen LogP contribution < -0.4 is 10.1 Å². The predicted molar refractivity (Wildman–Crippen MR) is 134 cm³/mol. The maximum Gasteiger partial charge on any atom is 0.225 e. The zero-order valence-electron chi connectivity index (χ0n) is 19.5. The number of carbonyl (C=O) groups excluding carboxylic acids is 1. The number of anilines is 1. The van der Waals surface area contributed by atoms with Crippen LogP contribution in [0.3, 0.4) is 0 Å². The molecule has 178 valence electrons. The van der Waals surface area contributed by atoms with E-state index in [0.717, 1.165) is 15.9 Å². The fraction of sp³-hybridized carbons (Fsp3) is 0.292. The topological polar surface area (TPSA) is 103 Å². The Balaban J connectivity index is 1.43. The molecule has 0 bridgehead atoms. The average molecular weight is 499 g/mol. The van der Waals surface area contributed by atoms with E-state index in [-0.39, 0.29) is 29.4 Å². The van der Waals surface area contributed by atoms with Gasteiger partial charge in [0.05, 0.1) is 33.7 Å². The third kappa shape index (κ3) is 5.13. The molecule has 2 heterocycles. The van der Waals surface area contributed by atoms with Gasteiger partial charge in [0.2, 0.25) is 11.0 Å². The highest BCUT2D eigenvalue weighted by molar-refractivity contribution is 7.91. The number of thiazole rings is 1. The van der Waals surface area contributed by atoms with Crippen LogP contribution in [0, 0.1) is 20.8 Å². The lowest BCUT2D eigenvalue weighted by Gasteiger charge is -2.08. The molecule has 0 atom stereocenters. The molecule has 34 heavy (non-hydrogen) atoms. The van der Waals surface area contributed by atoms with Crippen molar-refractivity contribution >= 4 is 43.1 Å². The van der Waals surface area contributed by atoms with Crippen LogP contribution in [0.4, 0.5) is 5.82 Å². The lowest BCUT2D eigenvalue weighted by Crippen LogP contribution is -2.16. The third-order valence-electron chi connectivity index (χ3n) is 5.51. The number of carbonyl (C=O) groups is 1. The number of aromatic nitrogens is 3. The maximum absolute atomic E-state index is 12.6. The first kappa shape index (κ1) is 23.9. The second-order valence-electron chi connectivity index (χ2n) is 8.13. The molecule has 4 rings (SSSR count). The molecule has 0 fully saturated rings. The molecule has 0 spiro atoms. The van der Waals surface area contributed by atoms with Crippen molar-refractivity contribution in [3.05, 3.63) is 59.3 Å². The highest BCUT2D eigenvalue weighted by atomic mass is 32.2. The van der Waals surface area contributed by atoms with E-state index in [1.54, 1.807) is 22.9 Å². The van der Waals surface area contributed by atoms with E-state index in [0.29, 0.717) is 16.7 Å². The molecule has 0 aliphatic carbocycles. The number of hydrogen-bond donors (Lipinski definition) is 1. The quantitative estimate of drug-likeness (QED) is 0.381. The molecular formula is C24H26N4O4S2. The molecule has 0 unspecified atom stereocenters. The summed E-state index contributed by atoms with van der Waals surface area (Å²) in [5.41, 5.74) is 3.98. The highest BCUT2D eigenvalue weighted by Crippen LogP contribution is 2.29. The van der Waals surface area contributed by atoms with Gasteiger partial charge in [-0.05, 0) is 74.7 Å². The first-order chi connectivity index (χ1) is 16.2. The summed E-state index contributed by atoms with van der Waals surface area (Å²) >= 11 is 1.50. The fourth-order valence-corrected chi connectivity index (χ4v) is 5.84. The van der Waals surface area contributed by atoms with E-state index in [1.807, 2.05) is 19.9 Å². The molecule has 0 aliphatic heterocycles. The lowest BCUT2D eigenvalue weighted by molar-refractivity contribution is -0.116. The van der Waals surface area contributed by atoms with Crippen molar-refractivity contribution in [1.29, 1.82) is 0 Å². The Morgan fingerprint density at radius 2 is 1.79 bits per heavy atom. The number of nitrogens with one attached hydrogen (secondary N) is 1. The summed E-state index contributed by atoms with van der Waals surface area (Å²) < 4.78 is 32.8. The minimum Gasteiger partial charge on any atom is -0.497 e. The Labute approximate surface area is 202 Å². The van der Waals surface area contributed by atoms with E-state index < -0.39 is 9.84 Å². The molecule has 2 aromatic carbocycles. The molecule has 0 aliphatic rings. The SMILES string of the molecule is COc1ccc(S(=O)(=O)CCCC(=O)Nc2cc(C)nn2-c2nc3cc(C)c(C)cc3s2)cc1. The second-order valence-corrected chi connectivity index (χ2v) is 11.2. The summed E-state index contributed by atoms with van der Waals surface area (Å²) in [5, 5.41) is 8.00. The van der Waals surface area contributed by atoms with Crippen molar-refractivity contribution in [2.75, 3.05) is 18.2 Å². The number of hydrogen-bond acceptors (Lipinski definition) is 7. The Morgan fingerprint density at radius 1 is 1.09 bits per heavy atom. The molecule has 10 heteroatoms. The number of ether oxygens (including phenoxy) is 1.